The van der Waals surface area contributed by atoms with Gasteiger partial charge in [-0.2, -0.15) is 13.2 Å². The maximum absolute atomic E-state index is 13.8. The Balaban J connectivity index is 2.65. The Morgan fingerprint density at radius 3 is 2.65 bits per heavy atom. The highest BCUT2D eigenvalue weighted by atomic mass is 19.4. The van der Waals surface area contributed by atoms with E-state index in [0.717, 1.165) is 7.11 Å². The molecule has 1 aliphatic rings. The summed E-state index contributed by atoms with van der Waals surface area (Å²) in [5, 5.41) is 2.49. The summed E-state index contributed by atoms with van der Waals surface area (Å²) in [6.45, 7) is 1.68. The number of esters is 1. The van der Waals surface area contributed by atoms with Crippen molar-refractivity contribution >= 4 is 5.97 Å². The van der Waals surface area contributed by atoms with Crippen molar-refractivity contribution in [2.75, 3.05) is 13.7 Å². The van der Waals surface area contributed by atoms with Crippen molar-refractivity contribution in [3.8, 4) is 0 Å². The number of benzene rings is 1. The summed E-state index contributed by atoms with van der Waals surface area (Å²) in [4.78, 5) is 11.9. The molecule has 0 radical (unpaired) electrons. The number of carbonyl (C=O) groups excluding carboxylic acids is 1. The number of ether oxygens (including phenoxy) is 1. The minimum absolute atomic E-state index is 0.0232. The van der Waals surface area contributed by atoms with Gasteiger partial charge < -0.3 is 4.74 Å². The van der Waals surface area contributed by atoms with Crippen molar-refractivity contribution in [3.63, 3.8) is 0 Å². The van der Waals surface area contributed by atoms with Crippen LogP contribution in [-0.2, 0) is 21.5 Å². The number of hydrogen-bond donors (Lipinski definition) is 1. The monoisotopic (exact) mass is 287 g/mol. The fraction of sp³-hybridized carbons (Fsp3) is 0.500. The van der Waals surface area contributed by atoms with E-state index in [9.17, 15) is 18.0 Å². The van der Waals surface area contributed by atoms with Crippen LogP contribution in [0.15, 0.2) is 24.3 Å². The topological polar surface area (TPSA) is 38.3 Å². The average molecular weight is 287 g/mol. The molecule has 0 aromatic heterocycles. The van der Waals surface area contributed by atoms with E-state index < -0.39 is 23.6 Å². The zero-order valence-corrected chi connectivity index (χ0v) is 11.3. The lowest BCUT2D eigenvalue weighted by atomic mass is 9.82. The van der Waals surface area contributed by atoms with E-state index in [4.69, 9.17) is 0 Å². The van der Waals surface area contributed by atoms with E-state index in [1.165, 1.54) is 6.07 Å². The molecular weight excluding hydrogens is 271 g/mol. The Hall–Kier alpha value is -1.56. The molecule has 0 saturated heterocycles. The van der Waals surface area contributed by atoms with Gasteiger partial charge in [-0.25, -0.2) is 0 Å². The second-order valence-corrected chi connectivity index (χ2v) is 4.77. The number of hydrogen-bond acceptors (Lipinski definition) is 3. The maximum atomic E-state index is 13.8. The minimum Gasteiger partial charge on any atom is -0.469 e. The highest BCUT2D eigenvalue weighted by Gasteiger charge is 2.65. The van der Waals surface area contributed by atoms with Gasteiger partial charge in [0.25, 0.3) is 0 Å². The second kappa shape index (κ2) is 5.09. The quantitative estimate of drug-likeness (QED) is 0.868. The third-order valence-corrected chi connectivity index (χ3v) is 3.78. The first kappa shape index (κ1) is 14.8. The van der Waals surface area contributed by atoms with Crippen molar-refractivity contribution in [2.45, 2.75) is 25.1 Å². The number of rotatable bonds is 3. The second-order valence-electron chi connectivity index (χ2n) is 4.77. The first-order chi connectivity index (χ1) is 9.38. The van der Waals surface area contributed by atoms with Crippen molar-refractivity contribution < 1.29 is 22.7 Å². The number of nitrogens with one attached hydrogen (secondary N) is 1. The lowest BCUT2D eigenvalue weighted by molar-refractivity contribution is -0.219. The van der Waals surface area contributed by atoms with Gasteiger partial charge in [0.05, 0.1) is 13.0 Å². The summed E-state index contributed by atoms with van der Waals surface area (Å²) in [5.74, 6) is -2.15. The van der Waals surface area contributed by atoms with E-state index in [-0.39, 0.29) is 18.5 Å². The molecule has 0 heterocycles. The molecule has 1 N–H and O–H groups in total. The van der Waals surface area contributed by atoms with Gasteiger partial charge in [-0.15, -0.1) is 0 Å². The van der Waals surface area contributed by atoms with E-state index in [1.807, 2.05) is 0 Å². The minimum atomic E-state index is -4.59. The summed E-state index contributed by atoms with van der Waals surface area (Å²) in [5.41, 5.74) is -1.73. The lowest BCUT2D eigenvalue weighted by Crippen LogP contribution is -2.59. The molecule has 1 aromatic carbocycles. The molecule has 0 aliphatic heterocycles. The Morgan fingerprint density at radius 2 is 2.10 bits per heavy atom. The van der Waals surface area contributed by atoms with Crippen molar-refractivity contribution in [1.82, 2.24) is 5.32 Å². The average Bonchev–Trinajstić information content (AvgIpc) is 2.74. The highest BCUT2D eigenvalue weighted by molar-refractivity contribution is 5.77. The van der Waals surface area contributed by atoms with Gasteiger partial charge >= 0.3 is 12.1 Å². The number of halogens is 3. The molecule has 0 fully saturated rings. The first-order valence-corrected chi connectivity index (χ1v) is 6.36. The van der Waals surface area contributed by atoms with Gasteiger partial charge in [-0.3, -0.25) is 10.1 Å². The molecule has 1 aliphatic carbocycles. The fourth-order valence-electron chi connectivity index (χ4n) is 2.99. The van der Waals surface area contributed by atoms with E-state index in [0.29, 0.717) is 5.56 Å². The summed E-state index contributed by atoms with van der Waals surface area (Å²) in [6, 6.07) is 6.27. The summed E-state index contributed by atoms with van der Waals surface area (Å²) < 4.78 is 45.9. The predicted molar refractivity (Wildman–Crippen MR) is 67.1 cm³/mol. The standard InChI is InChI=1S/C14H16F3NO2/c1-3-18-13(14(15,16)17)10-7-5-4-6-9(10)8-11(13)12(19)20-2/h4-7,11,18H,3,8H2,1-2H3/t11-,13-/m1/s1. The summed E-state index contributed by atoms with van der Waals surface area (Å²) in [6.07, 6.45) is -4.57. The first-order valence-electron chi connectivity index (χ1n) is 6.36. The largest absolute Gasteiger partial charge is 0.469 e. The SMILES string of the molecule is CCN[C@]1(C(F)(F)F)c2ccccc2C[C@@H]1C(=O)OC. The van der Waals surface area contributed by atoms with Gasteiger partial charge in [0.1, 0.15) is 0 Å². The van der Waals surface area contributed by atoms with Crippen molar-refractivity contribution in [1.29, 1.82) is 0 Å². The summed E-state index contributed by atoms with van der Waals surface area (Å²) in [7, 11) is 1.11. The smallest absolute Gasteiger partial charge is 0.411 e. The molecule has 0 unspecified atom stereocenters. The Bertz CT molecular complexity index is 515. The van der Waals surface area contributed by atoms with Crippen LogP contribution < -0.4 is 5.32 Å². The van der Waals surface area contributed by atoms with Crippen LogP contribution in [0.3, 0.4) is 0 Å². The molecule has 0 saturated carbocycles. The number of alkyl halides is 3. The van der Waals surface area contributed by atoms with E-state index in [1.54, 1.807) is 25.1 Å². The zero-order chi connectivity index (χ0) is 15.0. The fourth-order valence-corrected chi connectivity index (χ4v) is 2.99. The van der Waals surface area contributed by atoms with Crippen LogP contribution in [0.25, 0.3) is 0 Å². The molecular formula is C14H16F3NO2. The van der Waals surface area contributed by atoms with Gasteiger partial charge in [0.2, 0.25) is 0 Å². The molecule has 1 aromatic rings. The molecule has 2 rings (SSSR count). The Labute approximate surface area is 115 Å². The number of fused-ring (bicyclic) bond motifs is 1. The predicted octanol–water partition coefficient (Wildman–Crippen LogP) is 2.40. The van der Waals surface area contributed by atoms with E-state index in [2.05, 4.69) is 10.1 Å². The third kappa shape index (κ3) is 1.98. The lowest BCUT2D eigenvalue weighted by Gasteiger charge is -2.37. The van der Waals surface area contributed by atoms with Gasteiger partial charge in [-0.1, -0.05) is 31.2 Å². The van der Waals surface area contributed by atoms with Crippen LogP contribution in [0.5, 0.6) is 0 Å². The van der Waals surface area contributed by atoms with Crippen LogP contribution in [0.4, 0.5) is 13.2 Å². The van der Waals surface area contributed by atoms with Crippen LogP contribution in [0, 0.1) is 5.92 Å². The highest BCUT2D eigenvalue weighted by Crippen LogP contribution is 2.51. The normalized spacial score (nSPS) is 25.4. The molecule has 20 heavy (non-hydrogen) atoms. The number of methoxy groups -OCH3 is 1. The Morgan fingerprint density at radius 1 is 1.45 bits per heavy atom. The van der Waals surface area contributed by atoms with E-state index >= 15 is 0 Å². The summed E-state index contributed by atoms with van der Waals surface area (Å²) >= 11 is 0. The number of carbonyl (C=O) groups is 1. The maximum Gasteiger partial charge on any atom is 0.411 e. The molecule has 110 valence electrons. The molecule has 0 bridgehead atoms. The Kier molecular flexibility index (Phi) is 3.77. The van der Waals surface area contributed by atoms with Crippen molar-refractivity contribution in [2.24, 2.45) is 5.92 Å². The molecule has 3 nitrogen and oxygen atoms in total. The van der Waals surface area contributed by atoms with Crippen LogP contribution in [0.1, 0.15) is 18.1 Å². The molecule has 0 spiro atoms. The molecule has 6 heteroatoms. The van der Waals surface area contributed by atoms with Crippen LogP contribution >= 0.6 is 0 Å². The van der Waals surface area contributed by atoms with Crippen LogP contribution in [-0.4, -0.2) is 25.8 Å². The van der Waals surface area contributed by atoms with Crippen molar-refractivity contribution in [3.05, 3.63) is 35.4 Å². The van der Waals surface area contributed by atoms with Gasteiger partial charge in [-0.05, 0) is 24.1 Å². The molecule has 0 amide bonds. The third-order valence-electron chi connectivity index (χ3n) is 3.78. The van der Waals surface area contributed by atoms with Gasteiger partial charge in [0.15, 0.2) is 5.54 Å². The van der Waals surface area contributed by atoms with Crippen LogP contribution in [0.2, 0.25) is 0 Å². The molecule has 2 atom stereocenters. The zero-order valence-electron chi connectivity index (χ0n) is 11.3. The van der Waals surface area contributed by atoms with Gasteiger partial charge in [0, 0.05) is 0 Å².